The molecule has 0 amide bonds. The normalized spacial score (nSPS) is 10.2. The lowest BCUT2D eigenvalue weighted by atomic mass is 10.3. The Bertz CT molecular complexity index is 279. The zero-order valence-electron chi connectivity index (χ0n) is 4.72. The molecule has 1 aromatic heterocycles. The summed E-state index contributed by atoms with van der Waals surface area (Å²) >= 11 is 1.74. The number of thiophene rings is 1. The van der Waals surface area contributed by atoms with Gasteiger partial charge in [0, 0.05) is 4.70 Å². The third-order valence-corrected chi connectivity index (χ3v) is 2.12. The van der Waals surface area contributed by atoms with Crippen molar-refractivity contribution in [2.75, 3.05) is 0 Å². The van der Waals surface area contributed by atoms with Gasteiger partial charge in [0.15, 0.2) is 0 Å². The summed E-state index contributed by atoms with van der Waals surface area (Å²) in [5.74, 6) is 0. The van der Waals surface area contributed by atoms with E-state index in [0.29, 0.717) is 0 Å². The molecule has 0 spiro atoms. The SMILES string of the molecule is [c]1[c]cc2sccc2c1. The topological polar surface area (TPSA) is 0 Å². The molecule has 0 N–H and O–H groups in total. The van der Waals surface area contributed by atoms with Gasteiger partial charge in [-0.1, -0.05) is 0 Å². The lowest BCUT2D eigenvalue weighted by molar-refractivity contribution is 1.80. The first-order valence-electron chi connectivity index (χ1n) is 2.72. The molecular weight excluding hydrogens is 128 g/mol. The molecule has 0 atom stereocenters. The Labute approximate surface area is 57.8 Å². The minimum absolute atomic E-state index is 1.26. The highest BCUT2D eigenvalue weighted by Gasteiger charge is 1.88. The Balaban J connectivity index is 2.95. The van der Waals surface area contributed by atoms with Gasteiger partial charge in [0.25, 0.3) is 0 Å². The maximum absolute atomic E-state index is 2.91. The van der Waals surface area contributed by atoms with Crippen molar-refractivity contribution in [3.8, 4) is 0 Å². The van der Waals surface area contributed by atoms with Gasteiger partial charge in [-0.3, -0.25) is 0 Å². The molecule has 2 radical (unpaired) electrons. The van der Waals surface area contributed by atoms with E-state index >= 15 is 0 Å². The van der Waals surface area contributed by atoms with Gasteiger partial charge in [0.05, 0.1) is 0 Å². The molecule has 1 aromatic carbocycles. The summed E-state index contributed by atoms with van der Waals surface area (Å²) in [5, 5.41) is 3.34. The van der Waals surface area contributed by atoms with E-state index < -0.39 is 0 Å². The van der Waals surface area contributed by atoms with Crippen LogP contribution in [0.25, 0.3) is 10.1 Å². The van der Waals surface area contributed by atoms with Gasteiger partial charge in [-0.2, -0.15) is 0 Å². The molecule has 42 valence electrons. The molecule has 0 saturated carbocycles. The number of rotatable bonds is 0. The van der Waals surface area contributed by atoms with E-state index in [1.807, 2.05) is 12.1 Å². The molecular formula is C8H4S. The fourth-order valence-corrected chi connectivity index (χ4v) is 1.55. The second kappa shape index (κ2) is 1.85. The van der Waals surface area contributed by atoms with E-state index in [4.69, 9.17) is 0 Å². The van der Waals surface area contributed by atoms with Crippen LogP contribution in [0, 0.1) is 12.1 Å². The Hall–Kier alpha value is -0.820. The van der Waals surface area contributed by atoms with Crippen molar-refractivity contribution in [1.82, 2.24) is 0 Å². The lowest BCUT2D eigenvalue weighted by Crippen LogP contribution is -1.58. The molecule has 0 unspecified atom stereocenters. The van der Waals surface area contributed by atoms with Crippen molar-refractivity contribution < 1.29 is 0 Å². The van der Waals surface area contributed by atoms with Gasteiger partial charge in [-0.25, -0.2) is 0 Å². The number of hydrogen-bond acceptors (Lipinski definition) is 1. The first-order valence-corrected chi connectivity index (χ1v) is 3.60. The molecule has 0 fully saturated rings. The van der Waals surface area contributed by atoms with Crippen LogP contribution in [0.3, 0.4) is 0 Å². The molecule has 0 bridgehead atoms. The maximum Gasteiger partial charge on any atom is 0.0349 e. The fraction of sp³-hybridized carbons (Fsp3) is 0. The zero-order valence-corrected chi connectivity index (χ0v) is 5.53. The van der Waals surface area contributed by atoms with E-state index in [1.165, 1.54) is 10.1 Å². The van der Waals surface area contributed by atoms with Crippen molar-refractivity contribution in [2.24, 2.45) is 0 Å². The van der Waals surface area contributed by atoms with Crippen LogP contribution in [0.4, 0.5) is 0 Å². The van der Waals surface area contributed by atoms with Crippen LogP contribution in [-0.4, -0.2) is 0 Å². The summed E-state index contributed by atoms with van der Waals surface area (Å²) in [7, 11) is 0. The quantitative estimate of drug-likeness (QED) is 0.516. The summed E-state index contributed by atoms with van der Waals surface area (Å²) in [6.07, 6.45) is 0. The zero-order chi connectivity index (χ0) is 6.10. The Morgan fingerprint density at radius 3 is 3.00 bits per heavy atom. The van der Waals surface area contributed by atoms with Gasteiger partial charge < -0.3 is 0 Å². The highest BCUT2D eigenvalue weighted by Crippen LogP contribution is 2.18. The smallest absolute Gasteiger partial charge is 0.0349 e. The van der Waals surface area contributed by atoms with E-state index in [9.17, 15) is 0 Å². The standard InChI is InChI=1S/C8H4S/c1-2-4-8-7(3-1)5-6-9-8/h3-6H. The summed E-state index contributed by atoms with van der Waals surface area (Å²) in [6, 6.07) is 11.8. The second-order valence-corrected chi connectivity index (χ2v) is 2.77. The second-order valence-electron chi connectivity index (χ2n) is 1.82. The summed E-state index contributed by atoms with van der Waals surface area (Å²) < 4.78 is 1.29. The average Bonchev–Trinajstić information content (AvgIpc) is 2.33. The summed E-state index contributed by atoms with van der Waals surface area (Å²) in [6.45, 7) is 0. The number of hydrogen-bond donors (Lipinski definition) is 0. The fourth-order valence-electron chi connectivity index (χ4n) is 0.794. The highest BCUT2D eigenvalue weighted by molar-refractivity contribution is 7.17. The van der Waals surface area contributed by atoms with Crippen LogP contribution < -0.4 is 0 Å². The highest BCUT2D eigenvalue weighted by atomic mass is 32.1. The van der Waals surface area contributed by atoms with E-state index in [2.05, 4.69) is 23.6 Å². The van der Waals surface area contributed by atoms with Crippen LogP contribution in [0.2, 0.25) is 0 Å². The monoisotopic (exact) mass is 132 g/mol. The van der Waals surface area contributed by atoms with E-state index in [1.54, 1.807) is 11.3 Å². The Morgan fingerprint density at radius 2 is 2.11 bits per heavy atom. The van der Waals surface area contributed by atoms with Crippen LogP contribution in [0.1, 0.15) is 0 Å². The van der Waals surface area contributed by atoms with Crippen molar-refractivity contribution in [3.05, 3.63) is 35.7 Å². The maximum atomic E-state index is 2.91. The van der Waals surface area contributed by atoms with Gasteiger partial charge in [0.1, 0.15) is 0 Å². The lowest BCUT2D eigenvalue weighted by Gasteiger charge is -1.81. The largest absolute Gasteiger partial charge is 0.144 e. The molecule has 2 rings (SSSR count). The minimum Gasteiger partial charge on any atom is -0.144 e. The predicted octanol–water partition coefficient (Wildman–Crippen LogP) is 2.50. The minimum atomic E-state index is 1.26. The number of fused-ring (bicyclic) bond motifs is 1. The van der Waals surface area contributed by atoms with Crippen molar-refractivity contribution in [3.63, 3.8) is 0 Å². The summed E-state index contributed by atoms with van der Waals surface area (Å²) in [5.41, 5.74) is 0. The van der Waals surface area contributed by atoms with Gasteiger partial charge in [-0.05, 0) is 41.1 Å². The molecule has 1 heterocycles. The molecule has 0 aliphatic heterocycles. The van der Waals surface area contributed by atoms with Gasteiger partial charge >= 0.3 is 0 Å². The average molecular weight is 132 g/mol. The summed E-state index contributed by atoms with van der Waals surface area (Å²) in [4.78, 5) is 0. The molecule has 0 nitrogen and oxygen atoms in total. The van der Waals surface area contributed by atoms with Crippen molar-refractivity contribution in [2.45, 2.75) is 0 Å². The first-order chi connectivity index (χ1) is 4.47. The number of benzene rings is 1. The van der Waals surface area contributed by atoms with Crippen LogP contribution in [0.15, 0.2) is 23.6 Å². The Kier molecular flexibility index (Phi) is 1.03. The molecule has 1 heteroatoms. The van der Waals surface area contributed by atoms with Crippen LogP contribution in [-0.2, 0) is 0 Å². The van der Waals surface area contributed by atoms with Crippen LogP contribution in [0.5, 0.6) is 0 Å². The first kappa shape index (κ1) is 5.00. The molecule has 0 saturated heterocycles. The van der Waals surface area contributed by atoms with Crippen molar-refractivity contribution in [1.29, 1.82) is 0 Å². The third kappa shape index (κ3) is 0.736. The molecule has 0 aliphatic rings. The van der Waals surface area contributed by atoms with Crippen molar-refractivity contribution >= 4 is 21.4 Å². The molecule has 2 aromatic rings. The predicted molar refractivity (Wildman–Crippen MR) is 39.5 cm³/mol. The van der Waals surface area contributed by atoms with E-state index in [-0.39, 0.29) is 0 Å². The third-order valence-electron chi connectivity index (χ3n) is 1.24. The van der Waals surface area contributed by atoms with Crippen LogP contribution >= 0.6 is 11.3 Å². The van der Waals surface area contributed by atoms with Gasteiger partial charge in [0.2, 0.25) is 0 Å². The Morgan fingerprint density at radius 1 is 1.22 bits per heavy atom. The molecule has 9 heavy (non-hydrogen) atoms. The van der Waals surface area contributed by atoms with Gasteiger partial charge in [-0.15, -0.1) is 11.3 Å². The van der Waals surface area contributed by atoms with E-state index in [0.717, 1.165) is 0 Å². The molecule has 0 aliphatic carbocycles.